The standard InChI is InChI=1S/C21H32N6S/c1-4-22-20(23-13-18-16-28-21(25-18)26(2)3)24-14-19-11-8-12-27(19)15-17-9-6-5-7-10-17/h5-7,9-10,16,19H,4,8,11-15H2,1-3H3,(H2,22,23,24). The van der Waals surface area contributed by atoms with Crippen LogP contribution < -0.4 is 15.5 Å². The average molecular weight is 401 g/mol. The first-order valence-corrected chi connectivity index (χ1v) is 11.0. The van der Waals surface area contributed by atoms with Gasteiger partial charge in [-0.05, 0) is 31.9 Å². The van der Waals surface area contributed by atoms with Gasteiger partial charge in [0.05, 0.1) is 12.2 Å². The van der Waals surface area contributed by atoms with E-state index in [0.717, 1.165) is 36.4 Å². The number of guanidine groups is 1. The number of nitrogens with zero attached hydrogens (tertiary/aromatic N) is 4. The van der Waals surface area contributed by atoms with E-state index in [1.807, 2.05) is 19.0 Å². The molecule has 1 fully saturated rings. The van der Waals surface area contributed by atoms with Crippen LogP contribution in [0.5, 0.6) is 0 Å². The highest BCUT2D eigenvalue weighted by Crippen LogP contribution is 2.20. The molecule has 1 atom stereocenters. The lowest BCUT2D eigenvalue weighted by molar-refractivity contribution is 0.245. The molecule has 6 nitrogen and oxygen atoms in total. The number of rotatable bonds is 8. The van der Waals surface area contributed by atoms with Gasteiger partial charge in [0.2, 0.25) is 0 Å². The molecule has 1 saturated heterocycles. The van der Waals surface area contributed by atoms with Gasteiger partial charge in [0, 0.05) is 45.2 Å². The fourth-order valence-corrected chi connectivity index (χ4v) is 4.19. The molecule has 1 aromatic carbocycles. The van der Waals surface area contributed by atoms with Gasteiger partial charge in [0.25, 0.3) is 0 Å². The second-order valence-corrected chi connectivity index (χ2v) is 8.18. The third kappa shape index (κ3) is 5.94. The van der Waals surface area contributed by atoms with Gasteiger partial charge < -0.3 is 15.5 Å². The molecule has 2 heterocycles. The van der Waals surface area contributed by atoms with E-state index >= 15 is 0 Å². The zero-order valence-corrected chi connectivity index (χ0v) is 18.0. The van der Waals surface area contributed by atoms with Crippen molar-refractivity contribution < 1.29 is 0 Å². The summed E-state index contributed by atoms with van der Waals surface area (Å²) in [6.07, 6.45) is 2.50. The molecule has 3 rings (SSSR count). The minimum Gasteiger partial charge on any atom is -0.357 e. The van der Waals surface area contributed by atoms with Crippen LogP contribution in [-0.2, 0) is 13.1 Å². The smallest absolute Gasteiger partial charge is 0.191 e. The first kappa shape index (κ1) is 20.6. The van der Waals surface area contributed by atoms with Gasteiger partial charge >= 0.3 is 0 Å². The number of thiazole rings is 1. The van der Waals surface area contributed by atoms with Crippen molar-refractivity contribution in [3.63, 3.8) is 0 Å². The fourth-order valence-electron chi connectivity index (χ4n) is 3.44. The second kappa shape index (κ2) is 10.4. The van der Waals surface area contributed by atoms with Crippen molar-refractivity contribution in [1.29, 1.82) is 0 Å². The molecule has 1 aromatic heterocycles. The minimum atomic E-state index is 0.545. The van der Waals surface area contributed by atoms with Crippen LogP contribution in [0.3, 0.4) is 0 Å². The van der Waals surface area contributed by atoms with Crippen LogP contribution in [0.25, 0.3) is 0 Å². The number of nitrogens with one attached hydrogen (secondary N) is 2. The van der Waals surface area contributed by atoms with Crippen LogP contribution in [0.15, 0.2) is 40.7 Å². The summed E-state index contributed by atoms with van der Waals surface area (Å²) in [5.41, 5.74) is 2.40. The lowest BCUT2D eigenvalue weighted by Crippen LogP contribution is -2.44. The Kier molecular flexibility index (Phi) is 7.68. The summed E-state index contributed by atoms with van der Waals surface area (Å²) < 4.78 is 0. The maximum atomic E-state index is 4.73. The Morgan fingerprint density at radius 3 is 2.82 bits per heavy atom. The number of likely N-dealkylation sites (tertiary alicyclic amines) is 1. The van der Waals surface area contributed by atoms with Crippen molar-refractivity contribution in [2.24, 2.45) is 4.99 Å². The highest BCUT2D eigenvalue weighted by atomic mass is 32.1. The molecule has 0 saturated carbocycles. The van der Waals surface area contributed by atoms with E-state index < -0.39 is 0 Å². The Morgan fingerprint density at radius 1 is 1.29 bits per heavy atom. The van der Waals surface area contributed by atoms with E-state index in [1.54, 1.807) is 11.3 Å². The Morgan fingerprint density at radius 2 is 2.11 bits per heavy atom. The van der Waals surface area contributed by atoms with E-state index in [1.165, 1.54) is 24.9 Å². The predicted molar refractivity (Wildman–Crippen MR) is 119 cm³/mol. The average Bonchev–Trinajstić information content (AvgIpc) is 3.34. The first-order valence-electron chi connectivity index (χ1n) is 10.1. The molecule has 0 amide bonds. The molecule has 28 heavy (non-hydrogen) atoms. The van der Waals surface area contributed by atoms with Gasteiger partial charge in [-0.25, -0.2) is 9.98 Å². The number of aliphatic imine (C=N–C) groups is 1. The maximum absolute atomic E-state index is 4.73. The molecule has 0 bridgehead atoms. The van der Waals surface area contributed by atoms with Crippen molar-refractivity contribution in [2.75, 3.05) is 38.6 Å². The molecule has 2 N–H and O–H groups in total. The summed E-state index contributed by atoms with van der Waals surface area (Å²) in [7, 11) is 4.03. The lowest BCUT2D eigenvalue weighted by Gasteiger charge is -2.25. The summed E-state index contributed by atoms with van der Waals surface area (Å²) in [6, 6.07) is 11.3. The molecule has 0 radical (unpaired) electrons. The molecule has 1 unspecified atom stereocenters. The monoisotopic (exact) mass is 400 g/mol. The van der Waals surface area contributed by atoms with Gasteiger partial charge in [-0.15, -0.1) is 11.3 Å². The van der Waals surface area contributed by atoms with E-state index in [9.17, 15) is 0 Å². The molecule has 1 aliphatic heterocycles. The maximum Gasteiger partial charge on any atom is 0.191 e. The van der Waals surface area contributed by atoms with Crippen LogP contribution in [0, 0.1) is 0 Å². The van der Waals surface area contributed by atoms with Crippen molar-refractivity contribution in [3.05, 3.63) is 47.0 Å². The van der Waals surface area contributed by atoms with Gasteiger partial charge in [0.1, 0.15) is 0 Å². The van der Waals surface area contributed by atoms with Crippen molar-refractivity contribution in [1.82, 2.24) is 20.5 Å². The molecule has 0 spiro atoms. The summed E-state index contributed by atoms with van der Waals surface area (Å²) in [5, 5.41) is 10.0. The second-order valence-electron chi connectivity index (χ2n) is 7.34. The third-order valence-electron chi connectivity index (χ3n) is 4.90. The number of benzene rings is 1. The Hall–Kier alpha value is -2.12. The van der Waals surface area contributed by atoms with Gasteiger partial charge in [-0.1, -0.05) is 30.3 Å². The molecule has 7 heteroatoms. The van der Waals surface area contributed by atoms with Crippen LogP contribution in [0.4, 0.5) is 5.13 Å². The zero-order valence-electron chi connectivity index (χ0n) is 17.2. The van der Waals surface area contributed by atoms with Crippen LogP contribution in [0.2, 0.25) is 0 Å². The molecule has 2 aromatic rings. The summed E-state index contributed by atoms with van der Waals surface area (Å²) in [6.45, 7) is 6.65. The van der Waals surface area contributed by atoms with Crippen molar-refractivity contribution >= 4 is 22.4 Å². The summed E-state index contributed by atoms with van der Waals surface area (Å²) >= 11 is 1.66. The SMILES string of the molecule is CCNC(=NCc1csc(N(C)C)n1)NCC1CCCN1Cc1ccccc1. The van der Waals surface area contributed by atoms with E-state index in [4.69, 9.17) is 4.99 Å². The van der Waals surface area contributed by atoms with Gasteiger partial charge in [-0.2, -0.15) is 0 Å². The molecular weight excluding hydrogens is 368 g/mol. The number of aromatic nitrogens is 1. The molecule has 0 aliphatic carbocycles. The lowest BCUT2D eigenvalue weighted by atomic mass is 10.2. The Bertz CT molecular complexity index is 742. The number of hydrogen-bond acceptors (Lipinski definition) is 5. The zero-order chi connectivity index (χ0) is 19.8. The normalized spacial score (nSPS) is 17.7. The third-order valence-corrected chi connectivity index (χ3v) is 5.96. The van der Waals surface area contributed by atoms with Crippen molar-refractivity contribution in [2.45, 2.75) is 38.9 Å². The Labute approximate surface area is 172 Å². The van der Waals surface area contributed by atoms with Crippen LogP contribution in [-0.4, -0.2) is 55.6 Å². The fraction of sp³-hybridized carbons (Fsp3) is 0.524. The highest BCUT2D eigenvalue weighted by Gasteiger charge is 2.24. The summed E-state index contributed by atoms with van der Waals surface area (Å²) in [4.78, 5) is 13.9. The highest BCUT2D eigenvalue weighted by molar-refractivity contribution is 7.13. The molecular formula is C21H32N6S. The minimum absolute atomic E-state index is 0.545. The van der Waals surface area contributed by atoms with E-state index in [0.29, 0.717) is 12.6 Å². The van der Waals surface area contributed by atoms with Gasteiger partial charge in [0.15, 0.2) is 11.1 Å². The topological polar surface area (TPSA) is 55.8 Å². The van der Waals surface area contributed by atoms with E-state index in [-0.39, 0.29) is 0 Å². The first-order chi connectivity index (χ1) is 13.7. The van der Waals surface area contributed by atoms with Crippen molar-refractivity contribution in [3.8, 4) is 0 Å². The molecule has 1 aliphatic rings. The van der Waals surface area contributed by atoms with Crippen LogP contribution >= 0.6 is 11.3 Å². The van der Waals surface area contributed by atoms with Gasteiger partial charge in [-0.3, -0.25) is 4.90 Å². The van der Waals surface area contributed by atoms with E-state index in [2.05, 4.69) is 63.2 Å². The number of hydrogen-bond donors (Lipinski definition) is 2. The number of anilines is 1. The predicted octanol–water partition coefficient (Wildman–Crippen LogP) is 2.93. The summed E-state index contributed by atoms with van der Waals surface area (Å²) in [5.74, 6) is 0.869. The van der Waals surface area contributed by atoms with Crippen LogP contribution in [0.1, 0.15) is 31.0 Å². The molecule has 152 valence electrons. The Balaban J connectivity index is 1.54. The largest absolute Gasteiger partial charge is 0.357 e. The quantitative estimate of drug-likeness (QED) is 0.527.